The van der Waals surface area contributed by atoms with E-state index in [1.165, 1.54) is 19.2 Å². The molecule has 1 aromatic heterocycles. The Hall–Kier alpha value is -2.79. The van der Waals surface area contributed by atoms with Crippen molar-refractivity contribution < 1.29 is 14.2 Å². The first kappa shape index (κ1) is 17.6. The molecule has 0 aliphatic heterocycles. The number of likely N-dealkylation sites (N-methyl/N-ethyl adjacent to an activating group) is 1. The van der Waals surface area contributed by atoms with Crippen molar-refractivity contribution in [3.63, 3.8) is 0 Å². The predicted molar refractivity (Wildman–Crippen MR) is 89.4 cm³/mol. The number of anilines is 1. The topological polar surface area (TPSA) is 102 Å². The average molecular weight is 331 g/mol. The summed E-state index contributed by atoms with van der Waals surface area (Å²) >= 11 is 0. The first-order valence-corrected chi connectivity index (χ1v) is 7.80. The zero-order valence-corrected chi connectivity index (χ0v) is 14.1. The van der Waals surface area contributed by atoms with E-state index in [1.54, 1.807) is 6.07 Å². The van der Waals surface area contributed by atoms with E-state index in [1.807, 2.05) is 19.9 Å². The molecule has 0 unspecified atom stereocenters. The summed E-state index contributed by atoms with van der Waals surface area (Å²) in [4.78, 5) is 2.17. The standard InChI is InChI=1S/C16H21N5O3/c1-4-19(5-2)9-8-18-16-15(11-17)20(22)14-10-12(24-3)6-7-13(14)21(16)23/h6-7,10,18H,4-5,8-9H2,1-3H3. The van der Waals surface area contributed by atoms with Gasteiger partial charge in [0.1, 0.15) is 5.75 Å². The first-order chi connectivity index (χ1) is 11.6. The number of aromatic nitrogens is 2. The lowest BCUT2D eigenvalue weighted by molar-refractivity contribution is -0.620. The highest BCUT2D eigenvalue weighted by atomic mass is 16.5. The fraction of sp³-hybridized carbons (Fsp3) is 0.438. The third kappa shape index (κ3) is 3.26. The Balaban J connectivity index is 2.43. The van der Waals surface area contributed by atoms with Gasteiger partial charge in [-0.1, -0.05) is 13.8 Å². The Labute approximate surface area is 140 Å². The van der Waals surface area contributed by atoms with Crippen LogP contribution in [-0.2, 0) is 0 Å². The van der Waals surface area contributed by atoms with Crippen molar-refractivity contribution in [2.75, 3.05) is 38.6 Å². The van der Waals surface area contributed by atoms with Crippen LogP contribution in [0.15, 0.2) is 18.2 Å². The summed E-state index contributed by atoms with van der Waals surface area (Å²) in [5.41, 5.74) is 0.00984. The van der Waals surface area contributed by atoms with Crippen molar-refractivity contribution in [1.29, 1.82) is 5.26 Å². The highest BCUT2D eigenvalue weighted by molar-refractivity contribution is 5.71. The lowest BCUT2D eigenvalue weighted by Gasteiger charge is -2.18. The minimum absolute atomic E-state index is 0.0303. The van der Waals surface area contributed by atoms with E-state index in [2.05, 4.69) is 10.2 Å². The molecule has 0 saturated carbocycles. The van der Waals surface area contributed by atoms with Crippen LogP contribution in [0.4, 0.5) is 5.82 Å². The number of methoxy groups -OCH3 is 1. The van der Waals surface area contributed by atoms with Crippen molar-refractivity contribution in [1.82, 2.24) is 4.90 Å². The molecule has 0 radical (unpaired) electrons. The van der Waals surface area contributed by atoms with Crippen LogP contribution < -0.4 is 19.5 Å². The molecule has 0 aliphatic rings. The van der Waals surface area contributed by atoms with Crippen LogP contribution in [0.1, 0.15) is 19.5 Å². The molecule has 8 nitrogen and oxygen atoms in total. The Morgan fingerprint density at radius 2 is 1.92 bits per heavy atom. The van der Waals surface area contributed by atoms with Gasteiger partial charge in [0.05, 0.1) is 19.7 Å². The van der Waals surface area contributed by atoms with Crippen LogP contribution in [0.2, 0.25) is 0 Å². The van der Waals surface area contributed by atoms with Crippen molar-refractivity contribution >= 4 is 16.9 Å². The largest absolute Gasteiger partial charge is 0.710 e. The molecule has 0 bridgehead atoms. The quantitative estimate of drug-likeness (QED) is 0.593. The third-order valence-corrected chi connectivity index (χ3v) is 3.97. The molecule has 1 N–H and O–H groups in total. The van der Waals surface area contributed by atoms with E-state index >= 15 is 0 Å². The number of ether oxygens (including phenoxy) is 1. The van der Waals surface area contributed by atoms with Gasteiger partial charge < -0.3 is 20.1 Å². The van der Waals surface area contributed by atoms with Crippen LogP contribution in [0.3, 0.4) is 0 Å². The summed E-state index contributed by atoms with van der Waals surface area (Å²) in [5, 5.41) is 37.3. The molecule has 0 saturated heterocycles. The zero-order valence-electron chi connectivity index (χ0n) is 14.1. The maximum absolute atomic E-state index is 12.6. The van der Waals surface area contributed by atoms with Crippen molar-refractivity contribution in [2.24, 2.45) is 0 Å². The second kappa shape index (κ2) is 7.66. The van der Waals surface area contributed by atoms with E-state index in [0.717, 1.165) is 13.1 Å². The minimum atomic E-state index is -0.259. The van der Waals surface area contributed by atoms with Gasteiger partial charge in [0, 0.05) is 6.54 Å². The molecular formula is C16H21N5O3. The SMILES string of the molecule is CCN(CC)CCNc1c(C#N)[n+]([O-])c2cc(OC)ccc2[n+]1[O-]. The van der Waals surface area contributed by atoms with Crippen LogP contribution >= 0.6 is 0 Å². The smallest absolute Gasteiger partial charge is 0.385 e. The van der Waals surface area contributed by atoms with Gasteiger partial charge in [-0.25, -0.2) is 4.73 Å². The van der Waals surface area contributed by atoms with Crippen molar-refractivity contribution in [2.45, 2.75) is 13.8 Å². The first-order valence-electron chi connectivity index (χ1n) is 7.80. The Kier molecular flexibility index (Phi) is 5.60. The van der Waals surface area contributed by atoms with Crippen LogP contribution in [0, 0.1) is 21.7 Å². The summed E-state index contributed by atoms with van der Waals surface area (Å²) in [7, 11) is 1.47. The van der Waals surface area contributed by atoms with Crippen LogP contribution in [0.25, 0.3) is 11.0 Å². The van der Waals surface area contributed by atoms with Crippen molar-refractivity contribution in [3.05, 3.63) is 34.3 Å². The van der Waals surface area contributed by atoms with Gasteiger partial charge in [-0.05, 0) is 25.2 Å². The fourth-order valence-corrected chi connectivity index (χ4v) is 2.52. The average Bonchev–Trinajstić information content (AvgIpc) is 2.62. The molecule has 0 amide bonds. The highest BCUT2D eigenvalue weighted by Gasteiger charge is 2.26. The number of rotatable bonds is 7. The van der Waals surface area contributed by atoms with Gasteiger partial charge in [-0.2, -0.15) is 5.26 Å². The second-order valence-corrected chi connectivity index (χ2v) is 5.21. The lowest BCUT2D eigenvalue weighted by atomic mass is 10.2. The lowest BCUT2D eigenvalue weighted by Crippen LogP contribution is -2.44. The fourth-order valence-electron chi connectivity index (χ4n) is 2.52. The predicted octanol–water partition coefficient (Wildman–Crippen LogP) is 0.741. The number of hydrogen-bond acceptors (Lipinski definition) is 6. The molecule has 2 rings (SSSR count). The van der Waals surface area contributed by atoms with Gasteiger partial charge in [-0.3, -0.25) is 5.32 Å². The number of fused-ring (bicyclic) bond motifs is 1. The van der Waals surface area contributed by atoms with Gasteiger partial charge in [0.2, 0.25) is 5.52 Å². The molecule has 8 heteroatoms. The van der Waals surface area contributed by atoms with Crippen LogP contribution in [0.5, 0.6) is 5.75 Å². The highest BCUT2D eigenvalue weighted by Crippen LogP contribution is 2.18. The van der Waals surface area contributed by atoms with E-state index in [4.69, 9.17) is 4.74 Å². The minimum Gasteiger partial charge on any atom is -0.710 e. The van der Waals surface area contributed by atoms with E-state index in [0.29, 0.717) is 28.3 Å². The molecular weight excluding hydrogens is 310 g/mol. The molecule has 2 aromatic rings. The van der Waals surface area contributed by atoms with E-state index in [9.17, 15) is 15.7 Å². The molecule has 1 heterocycles. The zero-order chi connectivity index (χ0) is 17.7. The van der Waals surface area contributed by atoms with E-state index in [-0.39, 0.29) is 22.5 Å². The Morgan fingerprint density at radius 1 is 1.21 bits per heavy atom. The molecule has 0 aliphatic carbocycles. The number of hydrogen-bond donors (Lipinski definition) is 1. The second-order valence-electron chi connectivity index (χ2n) is 5.21. The normalized spacial score (nSPS) is 10.8. The summed E-state index contributed by atoms with van der Waals surface area (Å²) < 4.78 is 6.12. The monoisotopic (exact) mass is 331 g/mol. The summed E-state index contributed by atoms with van der Waals surface area (Å²) in [6.07, 6.45) is 0. The summed E-state index contributed by atoms with van der Waals surface area (Å²) in [6.45, 7) is 7.04. The number of benzene rings is 1. The molecule has 0 fully saturated rings. The molecule has 0 spiro atoms. The molecule has 128 valence electrons. The molecule has 1 aromatic carbocycles. The van der Waals surface area contributed by atoms with E-state index < -0.39 is 0 Å². The summed E-state index contributed by atoms with van der Waals surface area (Å²) in [5.74, 6) is 0.413. The van der Waals surface area contributed by atoms with Crippen LogP contribution in [-0.4, -0.2) is 38.2 Å². The maximum Gasteiger partial charge on any atom is 0.385 e. The van der Waals surface area contributed by atoms with Gasteiger partial charge >= 0.3 is 11.5 Å². The van der Waals surface area contributed by atoms with Gasteiger partial charge in [-0.15, -0.1) is 4.73 Å². The maximum atomic E-state index is 12.6. The number of nitriles is 1. The summed E-state index contributed by atoms with van der Waals surface area (Å²) in [6, 6.07) is 6.36. The third-order valence-electron chi connectivity index (χ3n) is 3.97. The molecule has 24 heavy (non-hydrogen) atoms. The van der Waals surface area contributed by atoms with Gasteiger partial charge in [0.25, 0.3) is 5.52 Å². The van der Waals surface area contributed by atoms with Crippen molar-refractivity contribution in [3.8, 4) is 11.8 Å². The Morgan fingerprint density at radius 3 is 2.50 bits per heavy atom. The van der Waals surface area contributed by atoms with Gasteiger partial charge in [0.15, 0.2) is 6.07 Å². The Bertz CT molecular complexity index is 769. The molecule has 0 atom stereocenters. The number of nitrogens with zero attached hydrogens (tertiary/aromatic N) is 4. The number of nitrogens with one attached hydrogen (secondary N) is 1.